The van der Waals surface area contributed by atoms with Gasteiger partial charge in [0.25, 0.3) is 5.56 Å². The zero-order valence-electron chi connectivity index (χ0n) is 16.8. The Morgan fingerprint density at radius 2 is 1.73 bits per heavy atom. The number of carboxylic acid groups (broad SMARTS) is 1. The van der Waals surface area contributed by atoms with Crippen LogP contribution >= 0.6 is 0 Å². The van der Waals surface area contributed by atoms with E-state index in [2.05, 4.69) is 4.98 Å². The van der Waals surface area contributed by atoms with E-state index in [9.17, 15) is 27.9 Å². The second kappa shape index (κ2) is 7.47. The summed E-state index contributed by atoms with van der Waals surface area (Å²) in [6, 6.07) is 5.27. The van der Waals surface area contributed by atoms with Crippen molar-refractivity contribution in [2.24, 2.45) is 0 Å². The third-order valence-electron chi connectivity index (χ3n) is 4.67. The summed E-state index contributed by atoms with van der Waals surface area (Å²) in [5, 5.41) is 9.38. The lowest BCUT2D eigenvalue weighted by molar-refractivity contribution is 0.0719. The zero-order valence-corrected chi connectivity index (χ0v) is 16.8. The molecule has 1 unspecified atom stereocenters. The quantitative estimate of drug-likeness (QED) is 0.671. The first-order valence-corrected chi connectivity index (χ1v) is 9.11. The molecule has 2 aromatic carbocycles. The molecular weight excluding hydrogens is 399 g/mol. The van der Waals surface area contributed by atoms with Crippen molar-refractivity contribution in [3.63, 3.8) is 0 Å². The molecule has 1 aromatic heterocycles. The molecule has 3 rings (SSSR count). The largest absolute Gasteiger partial charge is 0.465 e. The van der Waals surface area contributed by atoms with E-state index in [1.165, 1.54) is 19.1 Å². The Labute approximate surface area is 170 Å². The van der Waals surface area contributed by atoms with Crippen LogP contribution in [0.4, 0.5) is 18.0 Å². The number of hydrogen-bond donors (Lipinski definition) is 1. The van der Waals surface area contributed by atoms with Crippen LogP contribution in [0.2, 0.25) is 0 Å². The first-order valence-electron chi connectivity index (χ1n) is 9.11. The third-order valence-corrected chi connectivity index (χ3v) is 4.67. The first-order chi connectivity index (χ1) is 13.9. The van der Waals surface area contributed by atoms with Crippen LogP contribution in [-0.2, 0) is 0 Å². The number of carbonyl (C=O) groups is 1. The van der Waals surface area contributed by atoms with Gasteiger partial charge in [-0.25, -0.2) is 22.9 Å². The highest BCUT2D eigenvalue weighted by atomic mass is 19.1. The third kappa shape index (κ3) is 3.74. The number of rotatable bonds is 3. The second-order valence-electron chi connectivity index (χ2n) is 7.87. The van der Waals surface area contributed by atoms with Crippen molar-refractivity contribution in [2.75, 3.05) is 0 Å². The van der Waals surface area contributed by atoms with Gasteiger partial charge in [-0.3, -0.25) is 14.3 Å². The SMILES string of the molecule is CC(c1nc2cccc(F)c2c(=O)n1-c1cc(F)cc(F)c1)N(C(=O)O)C(C)(C)C. The molecule has 158 valence electrons. The number of hydrogen-bond acceptors (Lipinski definition) is 3. The van der Waals surface area contributed by atoms with Crippen LogP contribution in [0.15, 0.2) is 41.2 Å². The molecule has 0 saturated carbocycles. The molecule has 0 aliphatic heterocycles. The van der Waals surface area contributed by atoms with Crippen LogP contribution in [0.5, 0.6) is 0 Å². The minimum absolute atomic E-state index is 0.00854. The van der Waals surface area contributed by atoms with Gasteiger partial charge in [0.2, 0.25) is 0 Å². The van der Waals surface area contributed by atoms with Crippen molar-refractivity contribution >= 4 is 17.0 Å². The Hall–Kier alpha value is -3.36. The van der Waals surface area contributed by atoms with Gasteiger partial charge in [-0.1, -0.05) is 6.07 Å². The molecule has 1 heterocycles. The van der Waals surface area contributed by atoms with E-state index in [1.54, 1.807) is 20.8 Å². The molecule has 0 spiro atoms. The molecule has 0 fully saturated rings. The minimum atomic E-state index is -1.28. The van der Waals surface area contributed by atoms with Gasteiger partial charge in [-0.15, -0.1) is 0 Å². The van der Waals surface area contributed by atoms with Crippen LogP contribution in [0.25, 0.3) is 16.6 Å². The van der Waals surface area contributed by atoms with Crippen LogP contribution < -0.4 is 5.56 Å². The predicted octanol–water partition coefficient (Wildman–Crippen LogP) is 4.64. The first kappa shape index (κ1) is 21.4. The summed E-state index contributed by atoms with van der Waals surface area (Å²) in [6.07, 6.45) is -1.28. The minimum Gasteiger partial charge on any atom is -0.465 e. The molecule has 3 aromatic rings. The summed E-state index contributed by atoms with van der Waals surface area (Å²) in [7, 11) is 0. The van der Waals surface area contributed by atoms with Crippen LogP contribution in [0, 0.1) is 17.5 Å². The maximum Gasteiger partial charge on any atom is 0.408 e. The Kier molecular flexibility index (Phi) is 5.32. The Balaban J connectivity index is 2.43. The summed E-state index contributed by atoms with van der Waals surface area (Å²) in [5.74, 6) is -2.84. The maximum atomic E-state index is 14.4. The number of nitrogens with zero attached hydrogens (tertiary/aromatic N) is 3. The molecular formula is C21H20F3N3O3. The monoisotopic (exact) mass is 419 g/mol. The predicted molar refractivity (Wildman–Crippen MR) is 105 cm³/mol. The molecule has 9 heteroatoms. The number of fused-ring (bicyclic) bond motifs is 1. The Morgan fingerprint density at radius 1 is 1.13 bits per heavy atom. The lowest BCUT2D eigenvalue weighted by atomic mass is 10.0. The molecule has 1 amide bonds. The molecule has 0 saturated heterocycles. The van der Waals surface area contributed by atoms with E-state index in [4.69, 9.17) is 0 Å². The van der Waals surface area contributed by atoms with Crippen molar-refractivity contribution in [3.05, 3.63) is 70.0 Å². The molecule has 0 bridgehead atoms. The van der Waals surface area contributed by atoms with Gasteiger partial charge >= 0.3 is 6.09 Å². The molecule has 1 atom stereocenters. The van der Waals surface area contributed by atoms with Crippen LogP contribution in [0.3, 0.4) is 0 Å². The van der Waals surface area contributed by atoms with Gasteiger partial charge in [0.1, 0.15) is 28.7 Å². The maximum absolute atomic E-state index is 14.4. The van der Waals surface area contributed by atoms with E-state index in [0.29, 0.717) is 6.07 Å². The summed E-state index contributed by atoms with van der Waals surface area (Å²) in [5.41, 5.74) is -2.01. The fourth-order valence-corrected chi connectivity index (χ4v) is 3.55. The zero-order chi connectivity index (χ0) is 22.4. The molecule has 6 nitrogen and oxygen atoms in total. The standard InChI is InChI=1S/C21H20F3N3O3/c1-11(27(20(29)30)21(2,3)4)18-25-16-7-5-6-15(24)17(16)19(28)26(18)14-9-12(22)8-13(23)10-14/h5-11H,1-4H3,(H,29,30). The number of benzene rings is 2. The van der Waals surface area contributed by atoms with E-state index in [0.717, 1.165) is 27.7 Å². The lowest BCUT2D eigenvalue weighted by Gasteiger charge is -2.38. The van der Waals surface area contributed by atoms with Gasteiger partial charge in [0, 0.05) is 11.6 Å². The van der Waals surface area contributed by atoms with Crippen LogP contribution in [-0.4, -0.2) is 31.2 Å². The van der Waals surface area contributed by atoms with Crippen LogP contribution in [0.1, 0.15) is 39.6 Å². The van der Waals surface area contributed by atoms with Crippen molar-refractivity contribution < 1.29 is 23.1 Å². The van der Waals surface area contributed by atoms with Crippen molar-refractivity contribution in [2.45, 2.75) is 39.3 Å². The average Bonchev–Trinajstić information content (AvgIpc) is 2.58. The lowest BCUT2D eigenvalue weighted by Crippen LogP contribution is -2.47. The van der Waals surface area contributed by atoms with Gasteiger partial charge in [0.05, 0.1) is 17.2 Å². The highest BCUT2D eigenvalue weighted by Gasteiger charge is 2.34. The highest BCUT2D eigenvalue weighted by Crippen LogP contribution is 2.29. The Bertz CT molecular complexity index is 1180. The Morgan fingerprint density at radius 3 is 2.27 bits per heavy atom. The smallest absolute Gasteiger partial charge is 0.408 e. The molecule has 30 heavy (non-hydrogen) atoms. The van der Waals surface area contributed by atoms with E-state index < -0.39 is 40.7 Å². The summed E-state index contributed by atoms with van der Waals surface area (Å²) in [6.45, 7) is 6.46. The van der Waals surface area contributed by atoms with E-state index >= 15 is 0 Å². The van der Waals surface area contributed by atoms with Crippen molar-refractivity contribution in [3.8, 4) is 5.69 Å². The molecule has 1 N–H and O–H groups in total. The normalized spacial score (nSPS) is 12.8. The topological polar surface area (TPSA) is 75.4 Å². The van der Waals surface area contributed by atoms with Gasteiger partial charge in [-0.2, -0.15) is 0 Å². The molecule has 0 aliphatic rings. The fraction of sp³-hybridized carbons (Fsp3) is 0.286. The number of halogens is 3. The fourth-order valence-electron chi connectivity index (χ4n) is 3.55. The molecule has 0 aliphatic carbocycles. The van der Waals surface area contributed by atoms with Crippen molar-refractivity contribution in [1.29, 1.82) is 0 Å². The van der Waals surface area contributed by atoms with E-state index in [1.807, 2.05) is 0 Å². The van der Waals surface area contributed by atoms with Gasteiger partial charge in [-0.05, 0) is 52.0 Å². The second-order valence-corrected chi connectivity index (χ2v) is 7.87. The summed E-state index contributed by atoms with van der Waals surface area (Å²) >= 11 is 0. The molecule has 0 radical (unpaired) electrons. The van der Waals surface area contributed by atoms with E-state index in [-0.39, 0.29) is 22.4 Å². The number of amides is 1. The van der Waals surface area contributed by atoms with Crippen molar-refractivity contribution in [1.82, 2.24) is 14.5 Å². The number of aromatic nitrogens is 2. The van der Waals surface area contributed by atoms with Gasteiger partial charge < -0.3 is 5.11 Å². The summed E-state index contributed by atoms with van der Waals surface area (Å²) in [4.78, 5) is 30.5. The highest BCUT2D eigenvalue weighted by molar-refractivity contribution is 5.79. The average molecular weight is 419 g/mol. The summed E-state index contributed by atoms with van der Waals surface area (Å²) < 4.78 is 43.0. The van der Waals surface area contributed by atoms with Gasteiger partial charge in [0.15, 0.2) is 0 Å².